The quantitative estimate of drug-likeness (QED) is 0.690. The molecule has 4 heterocycles. The fraction of sp³-hybridized carbons (Fsp3) is 0.636. The number of amides is 2. The zero-order chi connectivity index (χ0) is 23.2. The zero-order valence-corrected chi connectivity index (χ0v) is 19.5. The van der Waals surface area contributed by atoms with Crippen molar-refractivity contribution in [3.8, 4) is 5.75 Å². The van der Waals surface area contributed by atoms with Gasteiger partial charge in [-0.15, -0.1) is 0 Å². The highest BCUT2D eigenvalue weighted by Gasteiger charge is 2.43. The number of likely N-dealkylation sites (tertiary alicyclic amines) is 1. The summed E-state index contributed by atoms with van der Waals surface area (Å²) in [5.74, 6) is -0.867. The average Bonchev–Trinajstić information content (AvgIpc) is 3.26. The molecule has 11 heteroatoms. The molecule has 0 aromatic heterocycles. The summed E-state index contributed by atoms with van der Waals surface area (Å²) in [6, 6.07) is 3.08. The second kappa shape index (κ2) is 8.53. The van der Waals surface area contributed by atoms with Gasteiger partial charge in [-0.25, -0.2) is 8.42 Å². The monoisotopic (exact) mass is 479 g/mol. The van der Waals surface area contributed by atoms with Crippen LogP contribution in [0.25, 0.3) is 0 Å². The largest absolute Gasteiger partial charge is 0.482 e. The van der Waals surface area contributed by atoms with Crippen LogP contribution in [-0.4, -0.2) is 81.2 Å². The van der Waals surface area contributed by atoms with Crippen molar-refractivity contribution in [2.45, 2.75) is 43.3 Å². The van der Waals surface area contributed by atoms with Crippen LogP contribution in [-0.2, 0) is 29.1 Å². The molecule has 1 unspecified atom stereocenters. The molecule has 0 radical (unpaired) electrons. The molecular formula is C22H29N3O7S. The van der Waals surface area contributed by atoms with E-state index >= 15 is 0 Å². The fourth-order valence-corrected chi connectivity index (χ4v) is 6.85. The number of hydrogen-bond donors (Lipinski definition) is 1. The van der Waals surface area contributed by atoms with E-state index in [0.717, 1.165) is 0 Å². The van der Waals surface area contributed by atoms with Crippen LogP contribution in [0.3, 0.4) is 0 Å². The number of nitrogens with zero attached hydrogens (tertiary/aromatic N) is 2. The normalized spacial score (nSPS) is 25.4. The average molecular weight is 480 g/mol. The summed E-state index contributed by atoms with van der Waals surface area (Å²) in [5, 5.41) is 2.69. The third-order valence-electron chi connectivity index (χ3n) is 6.91. The number of rotatable bonds is 3. The molecule has 1 atom stereocenters. The van der Waals surface area contributed by atoms with Gasteiger partial charge in [0.05, 0.1) is 29.7 Å². The zero-order valence-electron chi connectivity index (χ0n) is 18.7. The molecule has 1 N–H and O–H groups in total. The molecule has 0 saturated carbocycles. The minimum Gasteiger partial charge on any atom is -0.482 e. The van der Waals surface area contributed by atoms with E-state index in [1.165, 1.54) is 10.4 Å². The van der Waals surface area contributed by atoms with Crippen LogP contribution in [0.5, 0.6) is 5.75 Å². The maximum atomic E-state index is 13.5. The number of carbonyl (C=O) groups excluding carboxylic acids is 2. The van der Waals surface area contributed by atoms with Gasteiger partial charge in [0.1, 0.15) is 5.75 Å². The fourth-order valence-electron chi connectivity index (χ4n) is 5.11. The van der Waals surface area contributed by atoms with Crippen LogP contribution >= 0.6 is 0 Å². The van der Waals surface area contributed by atoms with Crippen molar-refractivity contribution in [1.82, 2.24) is 9.21 Å². The van der Waals surface area contributed by atoms with Crippen molar-refractivity contribution >= 4 is 27.5 Å². The molecule has 5 rings (SSSR count). The number of anilines is 1. The number of carbonyl (C=O) groups is 2. The number of sulfonamides is 1. The first-order valence-corrected chi connectivity index (χ1v) is 12.9. The van der Waals surface area contributed by atoms with E-state index in [9.17, 15) is 18.0 Å². The highest BCUT2D eigenvalue weighted by molar-refractivity contribution is 7.89. The molecule has 180 valence electrons. The van der Waals surface area contributed by atoms with Crippen LogP contribution in [0.15, 0.2) is 17.0 Å². The summed E-state index contributed by atoms with van der Waals surface area (Å²) in [4.78, 5) is 26.7. The number of aryl methyl sites for hydroxylation is 1. The highest BCUT2D eigenvalue weighted by Crippen LogP contribution is 2.36. The van der Waals surface area contributed by atoms with Crippen molar-refractivity contribution < 1.29 is 32.2 Å². The molecule has 0 aliphatic carbocycles. The third-order valence-corrected chi connectivity index (χ3v) is 8.92. The topological polar surface area (TPSA) is 114 Å². The summed E-state index contributed by atoms with van der Waals surface area (Å²) in [5.41, 5.74) is 0.985. The van der Waals surface area contributed by atoms with Gasteiger partial charge in [0, 0.05) is 45.1 Å². The van der Waals surface area contributed by atoms with Gasteiger partial charge in [-0.3, -0.25) is 9.59 Å². The number of fused-ring (bicyclic) bond motifs is 1. The lowest BCUT2D eigenvalue weighted by Crippen LogP contribution is -2.51. The van der Waals surface area contributed by atoms with E-state index in [-0.39, 0.29) is 35.8 Å². The van der Waals surface area contributed by atoms with Crippen LogP contribution < -0.4 is 10.1 Å². The Morgan fingerprint density at radius 3 is 2.61 bits per heavy atom. The van der Waals surface area contributed by atoms with Crippen molar-refractivity contribution in [2.24, 2.45) is 5.92 Å². The van der Waals surface area contributed by atoms with Crippen LogP contribution in [0, 0.1) is 12.8 Å². The van der Waals surface area contributed by atoms with E-state index in [4.69, 9.17) is 14.2 Å². The third kappa shape index (κ3) is 4.23. The molecule has 0 bridgehead atoms. The van der Waals surface area contributed by atoms with E-state index in [1.54, 1.807) is 13.0 Å². The second-order valence-corrected chi connectivity index (χ2v) is 11.0. The maximum Gasteiger partial charge on any atom is 0.262 e. The Labute approximate surface area is 193 Å². The van der Waals surface area contributed by atoms with Gasteiger partial charge in [0.25, 0.3) is 5.91 Å². The Kier molecular flexibility index (Phi) is 5.84. The molecular weight excluding hydrogens is 450 g/mol. The Morgan fingerprint density at radius 2 is 1.88 bits per heavy atom. The smallest absolute Gasteiger partial charge is 0.262 e. The van der Waals surface area contributed by atoms with Crippen molar-refractivity contribution in [2.75, 3.05) is 51.3 Å². The minimum atomic E-state index is -3.83. The molecule has 2 amide bonds. The number of benzene rings is 1. The van der Waals surface area contributed by atoms with Crippen molar-refractivity contribution in [1.29, 1.82) is 0 Å². The lowest BCUT2D eigenvalue weighted by molar-refractivity contribution is -0.188. The van der Waals surface area contributed by atoms with Crippen LogP contribution in [0.1, 0.15) is 31.2 Å². The molecule has 33 heavy (non-hydrogen) atoms. The molecule has 3 saturated heterocycles. The molecule has 1 aromatic rings. The molecule has 4 aliphatic heterocycles. The van der Waals surface area contributed by atoms with Crippen molar-refractivity contribution in [3.63, 3.8) is 0 Å². The van der Waals surface area contributed by atoms with E-state index in [1.807, 2.05) is 4.90 Å². The Hall–Kier alpha value is -2.21. The maximum absolute atomic E-state index is 13.5. The predicted molar refractivity (Wildman–Crippen MR) is 117 cm³/mol. The van der Waals surface area contributed by atoms with Crippen LogP contribution in [0.2, 0.25) is 0 Å². The first-order chi connectivity index (χ1) is 15.8. The summed E-state index contributed by atoms with van der Waals surface area (Å²) < 4.78 is 45.3. The van der Waals surface area contributed by atoms with Gasteiger partial charge in [0.15, 0.2) is 12.4 Å². The molecule has 3 fully saturated rings. The van der Waals surface area contributed by atoms with Gasteiger partial charge >= 0.3 is 0 Å². The molecule has 1 spiro atoms. The van der Waals surface area contributed by atoms with Crippen molar-refractivity contribution in [3.05, 3.63) is 17.7 Å². The SMILES string of the molecule is Cc1cc2c(cc1S(=O)(=O)N1CCCC(C(=O)N3CCC4(CC3)OCCO4)C1)OCC(=O)N2. The molecule has 10 nitrogen and oxygen atoms in total. The number of hydrogen-bond acceptors (Lipinski definition) is 7. The number of ether oxygens (including phenoxy) is 3. The Bertz CT molecular complexity index is 1060. The van der Waals surface area contributed by atoms with Gasteiger partial charge in [-0.1, -0.05) is 0 Å². The van der Waals surface area contributed by atoms with Gasteiger partial charge in [0.2, 0.25) is 15.9 Å². The predicted octanol–water partition coefficient (Wildman–Crippen LogP) is 1.09. The van der Waals surface area contributed by atoms with Gasteiger partial charge in [-0.2, -0.15) is 4.31 Å². The summed E-state index contributed by atoms with van der Waals surface area (Å²) in [6.07, 6.45) is 2.56. The Balaban J connectivity index is 1.29. The lowest BCUT2D eigenvalue weighted by atomic mass is 9.96. The number of nitrogens with one attached hydrogen (secondary N) is 1. The van der Waals surface area contributed by atoms with E-state index in [2.05, 4.69) is 5.32 Å². The molecule has 1 aromatic carbocycles. The highest BCUT2D eigenvalue weighted by atomic mass is 32.2. The van der Waals surface area contributed by atoms with Gasteiger partial charge in [-0.05, 0) is 31.4 Å². The van der Waals surface area contributed by atoms with Gasteiger partial charge < -0.3 is 24.4 Å². The minimum absolute atomic E-state index is 0.00374. The van der Waals surface area contributed by atoms with Crippen LogP contribution in [0.4, 0.5) is 5.69 Å². The summed E-state index contributed by atoms with van der Waals surface area (Å²) in [6.45, 7) is 4.34. The van der Waals surface area contributed by atoms with E-state index < -0.39 is 15.8 Å². The van der Waals surface area contributed by atoms with E-state index in [0.29, 0.717) is 75.5 Å². The Morgan fingerprint density at radius 1 is 1.15 bits per heavy atom. The summed E-state index contributed by atoms with van der Waals surface area (Å²) >= 11 is 0. The first-order valence-electron chi connectivity index (χ1n) is 11.4. The standard InChI is InChI=1S/C22H29N3O7S/c1-15-11-17-18(30-14-20(26)23-17)12-19(15)33(28,29)25-6-2-3-16(13-25)21(27)24-7-4-22(5-8-24)31-9-10-32-22/h11-12,16H,2-10,13-14H2,1H3,(H,23,26). The lowest BCUT2D eigenvalue weighted by Gasteiger charge is -2.40. The molecule has 4 aliphatic rings. The second-order valence-electron chi connectivity index (χ2n) is 9.09. The summed E-state index contributed by atoms with van der Waals surface area (Å²) in [7, 11) is -3.83. The first kappa shape index (κ1) is 22.6. The number of piperidine rings is 2.